The second kappa shape index (κ2) is 4.23. The quantitative estimate of drug-likeness (QED) is 0.850. The van der Waals surface area contributed by atoms with Crippen molar-refractivity contribution < 1.29 is 9.21 Å². The van der Waals surface area contributed by atoms with Crippen LogP contribution in [0.5, 0.6) is 0 Å². The maximum Gasteiger partial charge on any atom is 0.234 e. The van der Waals surface area contributed by atoms with E-state index in [9.17, 15) is 4.79 Å². The highest BCUT2D eigenvalue weighted by atomic mass is 79.9. The first-order chi connectivity index (χ1) is 9.00. The van der Waals surface area contributed by atoms with Crippen molar-refractivity contribution in [2.24, 2.45) is 0 Å². The number of halogens is 1. The average molecular weight is 320 g/mol. The molecule has 1 aliphatic heterocycles. The maximum absolute atomic E-state index is 11.9. The SMILES string of the molecule is CC1(C)C(=O)Nc2ccc(C(Br)c3ccoc3)cc21. The Kier molecular flexibility index (Phi) is 2.78. The van der Waals surface area contributed by atoms with Gasteiger partial charge in [-0.15, -0.1) is 0 Å². The van der Waals surface area contributed by atoms with E-state index in [0.29, 0.717) is 0 Å². The van der Waals surface area contributed by atoms with E-state index in [4.69, 9.17) is 4.42 Å². The fourth-order valence-corrected chi connectivity index (χ4v) is 2.90. The summed E-state index contributed by atoms with van der Waals surface area (Å²) in [6.07, 6.45) is 3.38. The molecule has 1 unspecified atom stereocenters. The Balaban J connectivity index is 2.04. The van der Waals surface area contributed by atoms with Gasteiger partial charge in [-0.1, -0.05) is 28.1 Å². The molecule has 0 saturated heterocycles. The van der Waals surface area contributed by atoms with Gasteiger partial charge in [0.05, 0.1) is 22.8 Å². The van der Waals surface area contributed by atoms with Crippen molar-refractivity contribution in [2.45, 2.75) is 24.1 Å². The van der Waals surface area contributed by atoms with E-state index in [-0.39, 0.29) is 10.7 Å². The van der Waals surface area contributed by atoms with Gasteiger partial charge in [0, 0.05) is 11.3 Å². The third-order valence-electron chi connectivity index (χ3n) is 3.66. The minimum Gasteiger partial charge on any atom is -0.472 e. The van der Waals surface area contributed by atoms with Gasteiger partial charge >= 0.3 is 0 Å². The lowest BCUT2D eigenvalue weighted by molar-refractivity contribution is -0.119. The molecule has 0 spiro atoms. The summed E-state index contributed by atoms with van der Waals surface area (Å²) in [4.78, 5) is 12.0. The van der Waals surface area contributed by atoms with Gasteiger partial charge in [0.25, 0.3) is 0 Å². The fourth-order valence-electron chi connectivity index (χ4n) is 2.36. The Labute approximate surface area is 120 Å². The first-order valence-electron chi connectivity index (χ1n) is 6.12. The summed E-state index contributed by atoms with van der Waals surface area (Å²) in [5.41, 5.74) is 3.66. The van der Waals surface area contributed by atoms with E-state index < -0.39 is 5.41 Å². The Morgan fingerprint density at radius 3 is 2.74 bits per heavy atom. The molecular weight excluding hydrogens is 306 g/mol. The lowest BCUT2D eigenvalue weighted by Gasteiger charge is -2.17. The van der Waals surface area contributed by atoms with E-state index in [1.54, 1.807) is 12.5 Å². The summed E-state index contributed by atoms with van der Waals surface area (Å²) in [5.74, 6) is 0.0501. The molecule has 1 aromatic carbocycles. The summed E-state index contributed by atoms with van der Waals surface area (Å²) in [6, 6.07) is 8.00. The number of hydrogen-bond acceptors (Lipinski definition) is 2. The van der Waals surface area contributed by atoms with Crippen molar-refractivity contribution in [1.82, 2.24) is 0 Å². The molecule has 0 fully saturated rings. The van der Waals surface area contributed by atoms with Gasteiger partial charge in [-0.2, -0.15) is 0 Å². The molecule has 0 aliphatic carbocycles. The molecule has 2 aromatic rings. The molecule has 2 heterocycles. The van der Waals surface area contributed by atoms with Gasteiger partial charge in [0.15, 0.2) is 0 Å². The third-order valence-corrected chi connectivity index (χ3v) is 4.72. The van der Waals surface area contributed by atoms with Crippen LogP contribution in [0.15, 0.2) is 41.2 Å². The number of anilines is 1. The van der Waals surface area contributed by atoms with Crippen LogP contribution in [0.2, 0.25) is 0 Å². The van der Waals surface area contributed by atoms with Crippen LogP contribution in [0, 0.1) is 0 Å². The molecule has 3 nitrogen and oxygen atoms in total. The molecule has 1 aliphatic rings. The second-order valence-corrected chi connectivity index (χ2v) is 6.22. The van der Waals surface area contributed by atoms with E-state index in [1.165, 1.54) is 0 Å². The van der Waals surface area contributed by atoms with Gasteiger partial charge in [-0.05, 0) is 37.1 Å². The minimum atomic E-state index is -0.478. The van der Waals surface area contributed by atoms with Crippen LogP contribution in [0.3, 0.4) is 0 Å². The van der Waals surface area contributed by atoms with E-state index >= 15 is 0 Å². The molecule has 0 radical (unpaired) electrons. The molecule has 4 heteroatoms. The molecule has 1 aromatic heterocycles. The topological polar surface area (TPSA) is 42.2 Å². The number of carbonyl (C=O) groups excluding carboxylic acids is 1. The zero-order valence-electron chi connectivity index (χ0n) is 10.7. The maximum atomic E-state index is 11.9. The summed E-state index contributed by atoms with van der Waals surface area (Å²) in [6.45, 7) is 3.89. The van der Waals surface area contributed by atoms with Crippen LogP contribution >= 0.6 is 15.9 Å². The van der Waals surface area contributed by atoms with Crippen molar-refractivity contribution in [1.29, 1.82) is 0 Å². The number of benzene rings is 1. The van der Waals surface area contributed by atoms with Crippen molar-refractivity contribution in [3.63, 3.8) is 0 Å². The van der Waals surface area contributed by atoms with Crippen LogP contribution in [0.25, 0.3) is 0 Å². The summed E-state index contributed by atoms with van der Waals surface area (Å²) in [7, 11) is 0. The van der Waals surface area contributed by atoms with Gasteiger partial charge < -0.3 is 9.73 Å². The van der Waals surface area contributed by atoms with Gasteiger partial charge in [-0.25, -0.2) is 0 Å². The Morgan fingerprint density at radius 1 is 1.26 bits per heavy atom. The second-order valence-electron chi connectivity index (χ2n) is 5.30. The minimum absolute atomic E-state index is 0.0501. The molecule has 19 heavy (non-hydrogen) atoms. The van der Waals surface area contributed by atoms with Crippen molar-refractivity contribution in [2.75, 3.05) is 5.32 Å². The third kappa shape index (κ3) is 1.91. The molecule has 1 atom stereocenters. The Hall–Kier alpha value is -1.55. The van der Waals surface area contributed by atoms with Crippen LogP contribution in [-0.4, -0.2) is 5.91 Å². The molecule has 3 rings (SSSR count). The molecule has 0 bridgehead atoms. The van der Waals surface area contributed by atoms with Gasteiger partial charge in [0.2, 0.25) is 5.91 Å². The largest absolute Gasteiger partial charge is 0.472 e. The summed E-state index contributed by atoms with van der Waals surface area (Å²) < 4.78 is 5.11. The van der Waals surface area contributed by atoms with E-state index in [2.05, 4.69) is 27.3 Å². The van der Waals surface area contributed by atoms with Gasteiger partial charge in [-0.3, -0.25) is 4.79 Å². The number of alkyl halides is 1. The number of fused-ring (bicyclic) bond motifs is 1. The summed E-state index contributed by atoms with van der Waals surface area (Å²) in [5, 5.41) is 2.92. The summed E-state index contributed by atoms with van der Waals surface area (Å²) >= 11 is 3.67. The smallest absolute Gasteiger partial charge is 0.234 e. The number of nitrogens with one attached hydrogen (secondary N) is 1. The molecular formula is C15H14BrNO2. The molecule has 98 valence electrons. The fraction of sp³-hybridized carbons (Fsp3) is 0.267. The number of rotatable bonds is 2. The lowest BCUT2D eigenvalue weighted by atomic mass is 9.85. The van der Waals surface area contributed by atoms with Crippen LogP contribution in [0.4, 0.5) is 5.69 Å². The molecule has 0 saturated carbocycles. The Morgan fingerprint density at radius 2 is 2.05 bits per heavy atom. The normalized spacial score (nSPS) is 17.9. The first kappa shape index (κ1) is 12.5. The number of furan rings is 1. The van der Waals surface area contributed by atoms with E-state index in [0.717, 1.165) is 22.4 Å². The van der Waals surface area contributed by atoms with E-state index in [1.807, 2.05) is 32.0 Å². The van der Waals surface area contributed by atoms with Crippen molar-refractivity contribution in [3.8, 4) is 0 Å². The lowest BCUT2D eigenvalue weighted by Crippen LogP contribution is -2.26. The highest BCUT2D eigenvalue weighted by Crippen LogP contribution is 2.41. The molecule has 1 N–H and O–H groups in total. The highest BCUT2D eigenvalue weighted by Gasteiger charge is 2.38. The first-order valence-corrected chi connectivity index (χ1v) is 7.04. The number of amides is 1. The monoisotopic (exact) mass is 319 g/mol. The van der Waals surface area contributed by atoms with Gasteiger partial charge in [0.1, 0.15) is 0 Å². The predicted octanol–water partition coefficient (Wildman–Crippen LogP) is 3.99. The number of hydrogen-bond donors (Lipinski definition) is 1. The predicted molar refractivity (Wildman–Crippen MR) is 77.6 cm³/mol. The van der Waals surface area contributed by atoms with Crippen molar-refractivity contribution >= 4 is 27.5 Å². The zero-order chi connectivity index (χ0) is 13.6. The van der Waals surface area contributed by atoms with Crippen molar-refractivity contribution in [3.05, 3.63) is 53.5 Å². The average Bonchev–Trinajstić information content (AvgIpc) is 2.98. The molecule has 1 amide bonds. The van der Waals surface area contributed by atoms with Crippen LogP contribution < -0.4 is 5.32 Å². The van der Waals surface area contributed by atoms with Crippen LogP contribution in [0.1, 0.15) is 35.4 Å². The Bertz CT molecular complexity index is 632. The zero-order valence-corrected chi connectivity index (χ0v) is 12.3. The number of carbonyl (C=O) groups is 1. The standard InChI is InChI=1S/C15H14BrNO2/c1-15(2)11-7-9(3-4-12(11)17-14(15)18)13(16)10-5-6-19-8-10/h3-8,13H,1-2H3,(H,17,18). The van der Waals surface area contributed by atoms with Crippen LogP contribution in [-0.2, 0) is 10.2 Å². The highest BCUT2D eigenvalue weighted by molar-refractivity contribution is 9.09.